The molecule has 0 radical (unpaired) electrons. The number of ketones is 1. The number of likely N-dealkylation sites (tertiary alicyclic amines) is 1. The minimum absolute atomic E-state index is 0.0855. The van der Waals surface area contributed by atoms with Gasteiger partial charge in [0.25, 0.3) is 0 Å². The van der Waals surface area contributed by atoms with Crippen LogP contribution in [0.4, 0.5) is 0 Å². The Labute approximate surface area is 129 Å². The third-order valence-corrected chi connectivity index (χ3v) is 4.52. The predicted octanol–water partition coefficient (Wildman–Crippen LogP) is 2.64. The summed E-state index contributed by atoms with van der Waals surface area (Å²) in [7, 11) is 0. The molecule has 1 spiro atoms. The van der Waals surface area contributed by atoms with E-state index >= 15 is 0 Å². The van der Waals surface area contributed by atoms with E-state index in [2.05, 4.69) is 0 Å². The molecule has 1 aromatic rings. The monoisotopic (exact) mass is 307 g/mol. The van der Waals surface area contributed by atoms with Crippen molar-refractivity contribution in [3.8, 4) is 5.75 Å². The SMILES string of the molecule is O=C1CC2(CCN(C(=O)CCCl)CC2)Oc2ccccc21. The largest absolute Gasteiger partial charge is 0.486 e. The number of alkyl halides is 1. The van der Waals surface area contributed by atoms with Crippen LogP contribution < -0.4 is 4.74 Å². The number of benzene rings is 1. The van der Waals surface area contributed by atoms with Gasteiger partial charge in [-0.3, -0.25) is 9.59 Å². The van der Waals surface area contributed by atoms with Crippen LogP contribution >= 0.6 is 11.6 Å². The summed E-state index contributed by atoms with van der Waals surface area (Å²) >= 11 is 5.62. The van der Waals surface area contributed by atoms with Crippen molar-refractivity contribution in [2.45, 2.75) is 31.3 Å². The Hall–Kier alpha value is -1.55. The number of carbonyl (C=O) groups is 2. The number of para-hydroxylation sites is 1. The quantitative estimate of drug-likeness (QED) is 0.789. The van der Waals surface area contributed by atoms with Gasteiger partial charge in [-0.2, -0.15) is 0 Å². The number of carbonyl (C=O) groups excluding carboxylic acids is 2. The Morgan fingerprint density at radius 2 is 2.00 bits per heavy atom. The number of piperidine rings is 1. The first kappa shape index (κ1) is 14.4. The first-order valence-electron chi connectivity index (χ1n) is 7.28. The number of hydrogen-bond acceptors (Lipinski definition) is 3. The van der Waals surface area contributed by atoms with Crippen molar-refractivity contribution in [2.24, 2.45) is 0 Å². The first-order valence-corrected chi connectivity index (χ1v) is 7.82. The Kier molecular flexibility index (Phi) is 3.89. The fourth-order valence-electron chi connectivity index (χ4n) is 3.12. The first-order chi connectivity index (χ1) is 10.1. The standard InChI is InChI=1S/C16H18ClNO3/c17-8-5-15(20)18-9-6-16(7-10-18)11-13(19)12-3-1-2-4-14(12)21-16/h1-4H,5-11H2. The molecule has 2 heterocycles. The Balaban J connectivity index is 1.72. The fraction of sp³-hybridized carbons (Fsp3) is 0.500. The molecule has 21 heavy (non-hydrogen) atoms. The third-order valence-electron chi connectivity index (χ3n) is 4.33. The molecule has 0 aliphatic carbocycles. The van der Waals surface area contributed by atoms with E-state index < -0.39 is 5.60 Å². The lowest BCUT2D eigenvalue weighted by Crippen LogP contribution is -2.52. The number of amides is 1. The zero-order valence-electron chi connectivity index (χ0n) is 11.8. The van der Waals surface area contributed by atoms with Gasteiger partial charge in [-0.25, -0.2) is 0 Å². The summed E-state index contributed by atoms with van der Waals surface area (Å²) in [5.41, 5.74) is 0.229. The lowest BCUT2D eigenvalue weighted by molar-refractivity contribution is -0.134. The van der Waals surface area contributed by atoms with Crippen molar-refractivity contribution in [1.82, 2.24) is 4.90 Å². The van der Waals surface area contributed by atoms with Crippen LogP contribution in [-0.4, -0.2) is 41.2 Å². The second-order valence-electron chi connectivity index (χ2n) is 5.70. The summed E-state index contributed by atoms with van der Waals surface area (Å²) in [6.45, 7) is 1.26. The molecule has 0 N–H and O–H groups in total. The normalized spacial score (nSPS) is 20.0. The summed E-state index contributed by atoms with van der Waals surface area (Å²) in [6.07, 6.45) is 2.17. The van der Waals surface area contributed by atoms with Crippen LogP contribution in [0.25, 0.3) is 0 Å². The molecular formula is C16H18ClNO3. The highest BCUT2D eigenvalue weighted by atomic mass is 35.5. The predicted molar refractivity (Wildman–Crippen MR) is 79.9 cm³/mol. The Morgan fingerprint density at radius 1 is 1.29 bits per heavy atom. The number of fused-ring (bicyclic) bond motifs is 1. The smallest absolute Gasteiger partial charge is 0.223 e. The average Bonchev–Trinajstić information content (AvgIpc) is 2.48. The van der Waals surface area contributed by atoms with Crippen LogP contribution in [0.3, 0.4) is 0 Å². The van der Waals surface area contributed by atoms with Crippen LogP contribution in [0.2, 0.25) is 0 Å². The van der Waals surface area contributed by atoms with Gasteiger partial charge in [0.05, 0.1) is 12.0 Å². The molecule has 3 rings (SSSR count). The number of halogens is 1. The van der Waals surface area contributed by atoms with Crippen LogP contribution in [0.15, 0.2) is 24.3 Å². The van der Waals surface area contributed by atoms with Gasteiger partial charge in [-0.1, -0.05) is 12.1 Å². The molecular weight excluding hydrogens is 290 g/mol. The number of nitrogens with zero attached hydrogens (tertiary/aromatic N) is 1. The van der Waals surface area contributed by atoms with E-state index in [0.717, 1.165) is 0 Å². The highest BCUT2D eigenvalue weighted by Gasteiger charge is 2.43. The van der Waals surface area contributed by atoms with Gasteiger partial charge in [0, 0.05) is 38.2 Å². The highest BCUT2D eigenvalue weighted by molar-refractivity contribution is 6.18. The maximum atomic E-state index is 12.3. The van der Waals surface area contributed by atoms with E-state index in [1.54, 1.807) is 0 Å². The molecule has 0 unspecified atom stereocenters. The summed E-state index contributed by atoms with van der Waals surface area (Å²) in [6, 6.07) is 7.39. The highest BCUT2D eigenvalue weighted by Crippen LogP contribution is 2.39. The molecule has 1 saturated heterocycles. The molecule has 0 aromatic heterocycles. The van der Waals surface area contributed by atoms with E-state index in [4.69, 9.17) is 16.3 Å². The molecule has 2 aliphatic heterocycles. The van der Waals surface area contributed by atoms with Crippen LogP contribution in [0, 0.1) is 0 Å². The fourth-order valence-corrected chi connectivity index (χ4v) is 3.29. The Morgan fingerprint density at radius 3 is 2.71 bits per heavy atom. The van der Waals surface area contributed by atoms with E-state index in [9.17, 15) is 9.59 Å². The van der Waals surface area contributed by atoms with Crippen molar-refractivity contribution in [3.05, 3.63) is 29.8 Å². The molecule has 5 heteroatoms. The molecule has 112 valence electrons. The molecule has 1 fully saturated rings. The zero-order chi connectivity index (χ0) is 14.9. The average molecular weight is 308 g/mol. The number of Topliss-reactive ketones (excluding diaryl/α,β-unsaturated/α-hetero) is 1. The van der Waals surface area contributed by atoms with Gasteiger partial charge in [-0.05, 0) is 12.1 Å². The topological polar surface area (TPSA) is 46.6 Å². The van der Waals surface area contributed by atoms with E-state index in [-0.39, 0.29) is 11.7 Å². The van der Waals surface area contributed by atoms with E-state index in [1.165, 1.54) is 0 Å². The van der Waals surface area contributed by atoms with E-state index in [1.807, 2.05) is 29.2 Å². The van der Waals surface area contributed by atoms with Crippen molar-refractivity contribution in [2.75, 3.05) is 19.0 Å². The van der Waals surface area contributed by atoms with Crippen LogP contribution in [0.1, 0.15) is 36.0 Å². The second-order valence-corrected chi connectivity index (χ2v) is 6.08. The minimum Gasteiger partial charge on any atom is -0.486 e. The number of rotatable bonds is 2. The van der Waals surface area contributed by atoms with Crippen molar-refractivity contribution < 1.29 is 14.3 Å². The summed E-state index contributed by atoms with van der Waals surface area (Å²) in [4.78, 5) is 26.0. The summed E-state index contributed by atoms with van der Waals surface area (Å²) < 4.78 is 6.13. The van der Waals surface area contributed by atoms with Crippen LogP contribution in [0.5, 0.6) is 5.75 Å². The van der Waals surface area contributed by atoms with Crippen molar-refractivity contribution in [1.29, 1.82) is 0 Å². The second kappa shape index (κ2) is 5.68. The summed E-state index contributed by atoms with van der Waals surface area (Å²) in [5.74, 6) is 1.25. The van der Waals surface area contributed by atoms with Gasteiger partial charge in [-0.15, -0.1) is 11.6 Å². The van der Waals surface area contributed by atoms with Gasteiger partial charge in [0.2, 0.25) is 5.91 Å². The van der Waals surface area contributed by atoms with Gasteiger partial charge >= 0.3 is 0 Å². The minimum atomic E-state index is -0.441. The third kappa shape index (κ3) is 2.77. The number of ether oxygens (including phenoxy) is 1. The lowest BCUT2D eigenvalue weighted by atomic mass is 9.82. The zero-order valence-corrected chi connectivity index (χ0v) is 12.6. The molecule has 0 atom stereocenters. The van der Waals surface area contributed by atoms with Gasteiger partial charge in [0.1, 0.15) is 11.4 Å². The maximum Gasteiger partial charge on any atom is 0.223 e. The summed E-state index contributed by atoms with van der Waals surface area (Å²) in [5, 5.41) is 0. The van der Waals surface area contributed by atoms with Gasteiger partial charge < -0.3 is 9.64 Å². The molecule has 4 nitrogen and oxygen atoms in total. The van der Waals surface area contributed by atoms with Crippen molar-refractivity contribution in [3.63, 3.8) is 0 Å². The maximum absolute atomic E-state index is 12.3. The van der Waals surface area contributed by atoms with Crippen molar-refractivity contribution >= 4 is 23.3 Å². The van der Waals surface area contributed by atoms with Gasteiger partial charge in [0.15, 0.2) is 5.78 Å². The lowest BCUT2D eigenvalue weighted by Gasteiger charge is -2.44. The number of hydrogen-bond donors (Lipinski definition) is 0. The Bertz CT molecular complexity index is 564. The molecule has 2 aliphatic rings. The molecule has 1 amide bonds. The van der Waals surface area contributed by atoms with E-state index in [0.29, 0.717) is 56.0 Å². The molecule has 1 aromatic carbocycles. The molecule has 0 bridgehead atoms. The molecule has 0 saturated carbocycles. The van der Waals surface area contributed by atoms with Crippen LogP contribution in [-0.2, 0) is 4.79 Å².